The number of hydrogen-bond donors (Lipinski definition) is 2. The molecule has 3 fully saturated rings. The van der Waals surface area contributed by atoms with E-state index in [1.54, 1.807) is 23.1 Å². The maximum atomic E-state index is 13.3. The summed E-state index contributed by atoms with van der Waals surface area (Å²) >= 11 is 0. The summed E-state index contributed by atoms with van der Waals surface area (Å²) in [5, 5.41) is 23.2. The number of aliphatic hydroxyl groups is 1. The van der Waals surface area contributed by atoms with Crippen LogP contribution in [0.2, 0.25) is 0 Å². The highest BCUT2D eigenvalue weighted by molar-refractivity contribution is 5.98. The molecule has 2 saturated heterocycles. The van der Waals surface area contributed by atoms with Gasteiger partial charge in [0.1, 0.15) is 16.7 Å². The van der Waals surface area contributed by atoms with E-state index < -0.39 is 5.60 Å². The summed E-state index contributed by atoms with van der Waals surface area (Å²) in [5.41, 5.74) is 3.20. The Hall–Kier alpha value is -3.85. The Morgan fingerprint density at radius 1 is 0.943 bits per heavy atom. The van der Waals surface area contributed by atoms with Crippen LogP contribution in [0.15, 0.2) is 48.5 Å². The van der Waals surface area contributed by atoms with Crippen molar-refractivity contribution in [1.29, 1.82) is 0 Å². The van der Waals surface area contributed by atoms with E-state index in [1.165, 1.54) is 0 Å². The zero-order chi connectivity index (χ0) is 23.9. The lowest BCUT2D eigenvalue weighted by atomic mass is 9.56. The molecule has 0 bridgehead atoms. The normalized spacial score (nSPS) is 27.2. The van der Waals surface area contributed by atoms with Gasteiger partial charge in [0.05, 0.1) is 17.7 Å². The number of fused-ring (bicyclic) bond motifs is 6. The van der Waals surface area contributed by atoms with Crippen molar-refractivity contribution < 1.29 is 14.7 Å². The summed E-state index contributed by atoms with van der Waals surface area (Å²) in [7, 11) is 0. The van der Waals surface area contributed by atoms with Gasteiger partial charge in [-0.1, -0.05) is 18.2 Å². The molecule has 1 aliphatic carbocycles. The number of amides is 2. The summed E-state index contributed by atoms with van der Waals surface area (Å²) in [6.07, 6.45) is 0. The van der Waals surface area contributed by atoms with Crippen molar-refractivity contribution in [2.24, 2.45) is 17.8 Å². The average Bonchev–Trinajstić information content (AvgIpc) is 3.57. The molecule has 4 atom stereocenters. The van der Waals surface area contributed by atoms with Crippen LogP contribution in [0.5, 0.6) is 0 Å². The second-order valence-corrected chi connectivity index (χ2v) is 10.1. The van der Waals surface area contributed by atoms with Crippen LogP contribution < -0.4 is 0 Å². The smallest absolute Gasteiger partial charge is 0.272 e. The molecule has 7 rings (SSSR count). The maximum Gasteiger partial charge on any atom is 0.272 e. The van der Waals surface area contributed by atoms with Crippen LogP contribution in [-0.4, -0.2) is 78.9 Å². The number of rotatable bonds is 2. The first-order chi connectivity index (χ1) is 16.9. The molecular weight excluding hydrogens is 444 g/mol. The largest absolute Gasteiger partial charge is 0.387 e. The molecule has 35 heavy (non-hydrogen) atoms. The average molecular weight is 469 g/mol. The standard InChI is InChI=1S/C26H24N6O3/c1-14-8-23(27-20-5-3-2-4-16(14)20)25(34)32-12-19-17-10-31(11-18(17)26(19,35)13-32)24(33)15-6-7-21-22(9-15)29-30-28-21/h2-9,17-19,35H,10-13H2,1H3,(H,28,29,30)/t17-,18+,19?,26?/m0/s1. The monoisotopic (exact) mass is 468 g/mol. The second kappa shape index (κ2) is 7.08. The molecule has 4 heterocycles. The van der Waals surface area contributed by atoms with Crippen molar-refractivity contribution >= 4 is 33.8 Å². The fraction of sp³-hybridized carbons (Fsp3) is 0.346. The Morgan fingerprint density at radius 3 is 2.57 bits per heavy atom. The number of aryl methyl sites for hydroxylation is 1. The van der Waals surface area contributed by atoms with E-state index in [9.17, 15) is 14.7 Å². The van der Waals surface area contributed by atoms with E-state index in [-0.39, 0.29) is 36.1 Å². The summed E-state index contributed by atoms with van der Waals surface area (Å²) in [4.78, 5) is 34.7. The number of β-amino-alcohol motifs (C(OH)–C–C–N with tert-alkyl or cyclic N) is 1. The summed E-state index contributed by atoms with van der Waals surface area (Å²) in [5.74, 6) is -0.0858. The molecule has 4 aromatic rings. The molecular formula is C26H24N6O3. The third-order valence-electron chi connectivity index (χ3n) is 8.31. The van der Waals surface area contributed by atoms with E-state index in [1.807, 2.05) is 42.2 Å². The first-order valence-electron chi connectivity index (χ1n) is 11.9. The van der Waals surface area contributed by atoms with E-state index in [2.05, 4.69) is 20.4 Å². The first-order valence-corrected chi connectivity index (χ1v) is 11.9. The van der Waals surface area contributed by atoms with E-state index in [4.69, 9.17) is 0 Å². The van der Waals surface area contributed by atoms with Gasteiger partial charge in [-0.3, -0.25) is 9.59 Å². The van der Waals surface area contributed by atoms with Gasteiger partial charge in [-0.05, 0) is 48.7 Å². The molecule has 1 saturated carbocycles. The number of nitrogens with one attached hydrogen (secondary N) is 1. The molecule has 176 valence electrons. The quantitative estimate of drug-likeness (QED) is 0.465. The predicted octanol–water partition coefficient (Wildman–Crippen LogP) is 2.02. The zero-order valence-electron chi connectivity index (χ0n) is 19.2. The van der Waals surface area contributed by atoms with Gasteiger partial charge in [-0.15, -0.1) is 0 Å². The highest BCUT2D eigenvalue weighted by atomic mass is 16.3. The van der Waals surface area contributed by atoms with Gasteiger partial charge >= 0.3 is 0 Å². The molecule has 3 aliphatic rings. The zero-order valence-corrected chi connectivity index (χ0v) is 19.2. The Balaban J connectivity index is 1.08. The number of para-hydroxylation sites is 1. The fourth-order valence-corrected chi connectivity index (χ4v) is 6.53. The van der Waals surface area contributed by atoms with Crippen LogP contribution in [0.25, 0.3) is 21.9 Å². The number of likely N-dealkylation sites (tertiary alicyclic amines) is 2. The molecule has 9 nitrogen and oxygen atoms in total. The lowest BCUT2D eigenvalue weighted by molar-refractivity contribution is -0.145. The number of pyridine rings is 1. The number of nitrogens with zero attached hydrogens (tertiary/aromatic N) is 5. The SMILES string of the molecule is Cc1cc(C(=O)N2CC3[C@H]4CN(C(=O)c5ccc6n[nH]nc6c5)C[C@H]4C3(O)C2)nc2ccccc12. The molecule has 0 spiro atoms. The number of aromatic amines is 1. The van der Waals surface area contributed by atoms with Gasteiger partial charge in [0, 0.05) is 42.4 Å². The highest BCUT2D eigenvalue weighted by Gasteiger charge is 2.68. The van der Waals surface area contributed by atoms with Crippen molar-refractivity contribution in [2.75, 3.05) is 26.2 Å². The number of carbonyl (C=O) groups is 2. The van der Waals surface area contributed by atoms with Crippen molar-refractivity contribution in [3.05, 3.63) is 65.4 Å². The molecule has 0 radical (unpaired) electrons. The van der Waals surface area contributed by atoms with Crippen LogP contribution in [0, 0.1) is 24.7 Å². The van der Waals surface area contributed by atoms with Gasteiger partial charge in [0.15, 0.2) is 0 Å². The van der Waals surface area contributed by atoms with Crippen LogP contribution in [0.3, 0.4) is 0 Å². The van der Waals surface area contributed by atoms with Crippen LogP contribution >= 0.6 is 0 Å². The van der Waals surface area contributed by atoms with Crippen molar-refractivity contribution in [3.8, 4) is 0 Å². The fourth-order valence-electron chi connectivity index (χ4n) is 6.53. The predicted molar refractivity (Wildman–Crippen MR) is 128 cm³/mol. The molecule has 2 aliphatic heterocycles. The van der Waals surface area contributed by atoms with E-state index >= 15 is 0 Å². The third kappa shape index (κ3) is 2.88. The van der Waals surface area contributed by atoms with Gasteiger partial charge in [-0.2, -0.15) is 15.4 Å². The Bertz CT molecular complexity index is 1530. The minimum absolute atomic E-state index is 0.0312. The molecule has 2 amide bonds. The molecule has 2 unspecified atom stereocenters. The molecule has 9 heteroatoms. The second-order valence-electron chi connectivity index (χ2n) is 10.1. The van der Waals surface area contributed by atoms with Gasteiger partial charge < -0.3 is 14.9 Å². The number of H-pyrrole nitrogens is 1. The maximum absolute atomic E-state index is 13.3. The van der Waals surface area contributed by atoms with Gasteiger partial charge in [0.2, 0.25) is 0 Å². The Kier molecular flexibility index (Phi) is 4.15. The molecule has 2 N–H and O–H groups in total. The topological polar surface area (TPSA) is 115 Å². The number of aromatic nitrogens is 4. The van der Waals surface area contributed by atoms with Crippen LogP contribution in [0.1, 0.15) is 26.4 Å². The summed E-state index contributed by atoms with van der Waals surface area (Å²) in [6, 6.07) is 14.9. The van der Waals surface area contributed by atoms with E-state index in [0.29, 0.717) is 41.9 Å². The molecule has 2 aromatic carbocycles. The van der Waals surface area contributed by atoms with Crippen molar-refractivity contribution in [1.82, 2.24) is 30.2 Å². The van der Waals surface area contributed by atoms with Gasteiger partial charge in [0.25, 0.3) is 11.8 Å². The van der Waals surface area contributed by atoms with Crippen molar-refractivity contribution in [2.45, 2.75) is 12.5 Å². The number of hydrogen-bond acceptors (Lipinski definition) is 6. The lowest BCUT2D eigenvalue weighted by Crippen LogP contribution is -2.61. The first kappa shape index (κ1) is 20.5. The van der Waals surface area contributed by atoms with E-state index in [0.717, 1.165) is 16.5 Å². The lowest BCUT2D eigenvalue weighted by Gasteiger charge is -2.50. The minimum Gasteiger partial charge on any atom is -0.387 e. The number of benzene rings is 2. The van der Waals surface area contributed by atoms with Gasteiger partial charge in [-0.25, -0.2) is 4.98 Å². The summed E-state index contributed by atoms with van der Waals surface area (Å²) in [6.45, 7) is 3.82. The van der Waals surface area contributed by atoms with Crippen LogP contribution in [-0.2, 0) is 0 Å². The Morgan fingerprint density at radius 2 is 1.71 bits per heavy atom. The molecule has 2 aromatic heterocycles. The van der Waals surface area contributed by atoms with Crippen molar-refractivity contribution in [3.63, 3.8) is 0 Å². The number of carbonyl (C=O) groups excluding carboxylic acids is 2. The van der Waals surface area contributed by atoms with Crippen LogP contribution in [0.4, 0.5) is 0 Å². The Labute approximate surface area is 200 Å². The minimum atomic E-state index is -0.961. The summed E-state index contributed by atoms with van der Waals surface area (Å²) < 4.78 is 0. The third-order valence-corrected chi connectivity index (χ3v) is 8.31. The highest BCUT2D eigenvalue weighted by Crippen LogP contribution is 2.57.